The van der Waals surface area contributed by atoms with Crippen LogP contribution in [0.15, 0.2) is 24.5 Å². The molecule has 0 spiro atoms. The van der Waals surface area contributed by atoms with Crippen LogP contribution in [-0.2, 0) is 6.61 Å². The number of rotatable bonds is 4. The molecule has 3 aromatic rings. The van der Waals surface area contributed by atoms with Gasteiger partial charge in [0.2, 0.25) is 5.95 Å². The lowest BCUT2D eigenvalue weighted by atomic mass is 10.2. The second kappa shape index (κ2) is 5.25. The zero-order valence-corrected chi connectivity index (χ0v) is 11.2. The molecule has 0 aliphatic rings. The Balaban J connectivity index is 2.04. The van der Waals surface area contributed by atoms with Gasteiger partial charge >= 0.3 is 0 Å². The van der Waals surface area contributed by atoms with E-state index < -0.39 is 0 Å². The predicted octanol–water partition coefficient (Wildman–Crippen LogP) is 1.23. The number of hydrogen-bond donors (Lipinski definition) is 3. The van der Waals surface area contributed by atoms with Crippen molar-refractivity contribution in [2.24, 2.45) is 0 Å². The van der Waals surface area contributed by atoms with E-state index in [1.54, 1.807) is 18.2 Å². The molecular formula is C13H13N5O3. The smallest absolute Gasteiger partial charge is 0.250 e. The van der Waals surface area contributed by atoms with Crippen molar-refractivity contribution < 1.29 is 14.6 Å². The van der Waals surface area contributed by atoms with Crippen molar-refractivity contribution in [1.29, 1.82) is 0 Å². The van der Waals surface area contributed by atoms with Crippen LogP contribution in [0.1, 0.15) is 5.56 Å². The number of fused-ring (bicyclic) bond motifs is 1. The highest BCUT2D eigenvalue weighted by molar-refractivity contribution is 5.77. The van der Waals surface area contributed by atoms with Crippen LogP contribution in [-0.4, -0.2) is 32.2 Å². The quantitative estimate of drug-likeness (QED) is 0.660. The molecule has 1 aromatic carbocycles. The molecule has 0 radical (unpaired) electrons. The Morgan fingerprint density at radius 2 is 2.14 bits per heavy atom. The highest BCUT2D eigenvalue weighted by atomic mass is 16.5. The number of imidazole rings is 1. The van der Waals surface area contributed by atoms with Gasteiger partial charge in [-0.05, 0) is 17.7 Å². The summed E-state index contributed by atoms with van der Waals surface area (Å²) in [6, 6.07) is 5.10. The molecule has 2 aromatic heterocycles. The number of aliphatic hydroxyl groups excluding tert-OH is 1. The summed E-state index contributed by atoms with van der Waals surface area (Å²) in [5, 5.41) is 9.14. The van der Waals surface area contributed by atoms with Gasteiger partial charge < -0.3 is 25.3 Å². The SMILES string of the molecule is COc1cc(CO)ccc1Oc1nc(N)nc2nc[nH]c12. The fourth-order valence-corrected chi connectivity index (χ4v) is 1.90. The Kier molecular flexibility index (Phi) is 3.28. The van der Waals surface area contributed by atoms with E-state index in [9.17, 15) is 0 Å². The Bertz CT molecular complexity index is 787. The first-order valence-electron chi connectivity index (χ1n) is 6.13. The standard InChI is InChI=1S/C13H13N5O3/c1-20-9-4-7(5-19)2-3-8(9)21-12-10-11(16-6-15-10)17-13(14)18-12/h2-4,6,19H,5H2,1H3,(H3,14,15,16,17,18). The summed E-state index contributed by atoms with van der Waals surface area (Å²) in [4.78, 5) is 15.0. The number of aromatic amines is 1. The number of methoxy groups -OCH3 is 1. The molecule has 21 heavy (non-hydrogen) atoms. The molecular weight excluding hydrogens is 274 g/mol. The fraction of sp³-hybridized carbons (Fsp3) is 0.154. The number of H-pyrrole nitrogens is 1. The van der Waals surface area contributed by atoms with Crippen molar-refractivity contribution in [3.8, 4) is 17.4 Å². The number of ether oxygens (including phenoxy) is 2. The van der Waals surface area contributed by atoms with Crippen LogP contribution >= 0.6 is 0 Å². The van der Waals surface area contributed by atoms with Gasteiger partial charge in [-0.3, -0.25) is 0 Å². The third-order valence-corrected chi connectivity index (χ3v) is 2.89. The molecule has 0 unspecified atom stereocenters. The summed E-state index contributed by atoms with van der Waals surface area (Å²) in [5.74, 6) is 1.25. The minimum atomic E-state index is -0.0815. The number of aliphatic hydroxyl groups is 1. The van der Waals surface area contributed by atoms with Gasteiger partial charge in [0.1, 0.15) is 5.52 Å². The second-order valence-electron chi connectivity index (χ2n) is 4.23. The topological polar surface area (TPSA) is 119 Å². The fourth-order valence-electron chi connectivity index (χ4n) is 1.90. The van der Waals surface area contributed by atoms with Gasteiger partial charge in [0.25, 0.3) is 5.88 Å². The van der Waals surface area contributed by atoms with Crippen LogP contribution in [0.5, 0.6) is 17.4 Å². The summed E-state index contributed by atoms with van der Waals surface area (Å²) in [6.07, 6.45) is 1.48. The molecule has 2 heterocycles. The van der Waals surface area contributed by atoms with Crippen molar-refractivity contribution >= 4 is 17.1 Å². The van der Waals surface area contributed by atoms with Crippen molar-refractivity contribution in [3.05, 3.63) is 30.1 Å². The summed E-state index contributed by atoms with van der Waals surface area (Å²) >= 11 is 0. The Labute approximate surface area is 119 Å². The molecule has 0 saturated heterocycles. The molecule has 8 heteroatoms. The first kappa shape index (κ1) is 13.1. The van der Waals surface area contributed by atoms with E-state index in [4.69, 9.17) is 20.3 Å². The zero-order valence-electron chi connectivity index (χ0n) is 11.2. The average Bonchev–Trinajstić information content (AvgIpc) is 2.96. The lowest BCUT2D eigenvalue weighted by Gasteiger charge is -2.11. The van der Waals surface area contributed by atoms with Crippen LogP contribution in [0, 0.1) is 0 Å². The number of nitrogens with two attached hydrogens (primary N) is 1. The van der Waals surface area contributed by atoms with Crippen molar-refractivity contribution in [2.45, 2.75) is 6.61 Å². The van der Waals surface area contributed by atoms with Gasteiger partial charge in [-0.2, -0.15) is 9.97 Å². The van der Waals surface area contributed by atoms with Gasteiger partial charge in [0, 0.05) is 0 Å². The highest BCUT2D eigenvalue weighted by Crippen LogP contribution is 2.33. The zero-order chi connectivity index (χ0) is 14.8. The molecule has 0 amide bonds. The predicted molar refractivity (Wildman–Crippen MR) is 75.1 cm³/mol. The Morgan fingerprint density at radius 3 is 2.90 bits per heavy atom. The number of nitrogen functional groups attached to an aromatic ring is 1. The maximum absolute atomic E-state index is 9.14. The van der Waals surface area contributed by atoms with Crippen molar-refractivity contribution in [2.75, 3.05) is 12.8 Å². The average molecular weight is 287 g/mol. The maximum atomic E-state index is 9.14. The van der Waals surface area contributed by atoms with Crippen molar-refractivity contribution in [1.82, 2.24) is 19.9 Å². The number of aromatic nitrogens is 4. The van der Waals surface area contributed by atoms with Gasteiger partial charge in [-0.1, -0.05) is 6.07 Å². The van der Waals surface area contributed by atoms with Crippen LogP contribution < -0.4 is 15.2 Å². The first-order valence-corrected chi connectivity index (χ1v) is 6.13. The Hall–Kier alpha value is -2.87. The summed E-state index contributed by atoms with van der Waals surface area (Å²) in [7, 11) is 1.52. The Morgan fingerprint density at radius 1 is 1.29 bits per heavy atom. The molecule has 8 nitrogen and oxygen atoms in total. The van der Waals surface area contributed by atoms with E-state index in [1.165, 1.54) is 13.4 Å². The first-order chi connectivity index (χ1) is 10.2. The number of nitrogens with one attached hydrogen (secondary N) is 1. The molecule has 0 saturated carbocycles. The van der Waals surface area contributed by atoms with Gasteiger partial charge in [0.15, 0.2) is 17.1 Å². The van der Waals surface area contributed by atoms with Crippen molar-refractivity contribution in [3.63, 3.8) is 0 Å². The molecule has 0 aliphatic carbocycles. The summed E-state index contributed by atoms with van der Waals surface area (Å²) < 4.78 is 11.0. The number of benzene rings is 1. The van der Waals surface area contributed by atoms with Gasteiger partial charge in [0.05, 0.1) is 20.0 Å². The van der Waals surface area contributed by atoms with Gasteiger partial charge in [-0.25, -0.2) is 4.98 Å². The minimum absolute atomic E-state index is 0.0653. The lowest BCUT2D eigenvalue weighted by molar-refractivity contribution is 0.280. The number of nitrogens with zero attached hydrogens (tertiary/aromatic N) is 3. The lowest BCUT2D eigenvalue weighted by Crippen LogP contribution is -1.99. The number of hydrogen-bond acceptors (Lipinski definition) is 7. The van der Waals surface area contributed by atoms with E-state index in [0.717, 1.165) is 0 Å². The van der Waals surface area contributed by atoms with E-state index in [-0.39, 0.29) is 18.4 Å². The van der Waals surface area contributed by atoms with E-state index >= 15 is 0 Å². The third-order valence-electron chi connectivity index (χ3n) is 2.89. The molecule has 0 fully saturated rings. The number of anilines is 1. The highest BCUT2D eigenvalue weighted by Gasteiger charge is 2.13. The second-order valence-corrected chi connectivity index (χ2v) is 4.23. The third kappa shape index (κ3) is 2.43. The van der Waals surface area contributed by atoms with Crippen LogP contribution in [0.2, 0.25) is 0 Å². The van der Waals surface area contributed by atoms with Crippen LogP contribution in [0.4, 0.5) is 5.95 Å². The summed E-state index contributed by atoms with van der Waals surface area (Å²) in [5.41, 5.74) is 7.31. The van der Waals surface area contributed by atoms with Crippen LogP contribution in [0.25, 0.3) is 11.2 Å². The van der Waals surface area contributed by atoms with Crippen LogP contribution in [0.3, 0.4) is 0 Å². The van der Waals surface area contributed by atoms with E-state index in [2.05, 4.69) is 19.9 Å². The molecule has 4 N–H and O–H groups in total. The van der Waals surface area contributed by atoms with E-state index in [1.807, 2.05) is 0 Å². The largest absolute Gasteiger partial charge is 0.493 e. The molecule has 108 valence electrons. The molecule has 0 bridgehead atoms. The normalized spacial score (nSPS) is 10.8. The van der Waals surface area contributed by atoms with E-state index in [0.29, 0.717) is 28.2 Å². The summed E-state index contributed by atoms with van der Waals surface area (Å²) in [6.45, 7) is -0.0815. The van der Waals surface area contributed by atoms with Gasteiger partial charge in [-0.15, -0.1) is 0 Å². The molecule has 0 aliphatic heterocycles. The molecule has 3 rings (SSSR count). The monoisotopic (exact) mass is 287 g/mol. The maximum Gasteiger partial charge on any atom is 0.250 e. The minimum Gasteiger partial charge on any atom is -0.493 e. The molecule has 0 atom stereocenters.